The van der Waals surface area contributed by atoms with Crippen molar-refractivity contribution in [2.24, 2.45) is 0 Å². The zero-order valence-electron chi connectivity index (χ0n) is 28.2. The Kier molecular flexibility index (Phi) is 13.1. The van der Waals surface area contributed by atoms with E-state index in [-0.39, 0.29) is 12.4 Å². The van der Waals surface area contributed by atoms with Crippen molar-refractivity contribution in [2.45, 2.75) is 63.7 Å². The molecule has 1 aliphatic heterocycles. The summed E-state index contributed by atoms with van der Waals surface area (Å²) in [7, 11) is 0. The molecular weight excluding hydrogens is 624 g/mol. The van der Waals surface area contributed by atoms with E-state index in [1.807, 2.05) is 158 Å². The number of ketones is 1. The summed E-state index contributed by atoms with van der Waals surface area (Å²) in [6.07, 6.45) is 0.616. The van der Waals surface area contributed by atoms with Crippen LogP contribution < -0.4 is 0 Å². The van der Waals surface area contributed by atoms with Crippen LogP contribution in [-0.2, 0) is 50.1 Å². The van der Waals surface area contributed by atoms with Gasteiger partial charge in [0, 0.05) is 12.0 Å². The molecular formula is C44H44O6. The highest BCUT2D eigenvalue weighted by Gasteiger charge is 2.46. The Hall–Kier alpha value is -4.85. The van der Waals surface area contributed by atoms with Crippen LogP contribution in [0.25, 0.3) is 0 Å². The van der Waals surface area contributed by atoms with Crippen LogP contribution in [0, 0.1) is 0 Å². The molecule has 6 rings (SSSR count). The molecule has 0 N–H and O–H groups in total. The zero-order valence-corrected chi connectivity index (χ0v) is 28.2. The van der Waals surface area contributed by atoms with E-state index in [1.54, 1.807) is 0 Å². The molecule has 1 fully saturated rings. The summed E-state index contributed by atoms with van der Waals surface area (Å²) in [5, 5.41) is 0. The quantitative estimate of drug-likeness (QED) is 0.0923. The van der Waals surface area contributed by atoms with Gasteiger partial charge in [0.1, 0.15) is 24.1 Å². The predicted octanol–water partition coefficient (Wildman–Crippen LogP) is 8.91. The summed E-state index contributed by atoms with van der Waals surface area (Å²) in [6, 6.07) is 49.7. The van der Waals surface area contributed by atoms with Gasteiger partial charge in [0.2, 0.25) is 0 Å². The number of Topliss-reactive ketones (excluding diaryl/α,β-unsaturated/α-hetero) is 1. The van der Waals surface area contributed by atoms with Crippen molar-refractivity contribution >= 4 is 5.78 Å². The summed E-state index contributed by atoms with van der Waals surface area (Å²) in [5.41, 5.74) is 4.88. The molecule has 50 heavy (non-hydrogen) atoms. The third-order valence-electron chi connectivity index (χ3n) is 8.61. The van der Waals surface area contributed by atoms with E-state index in [1.165, 1.54) is 0 Å². The average Bonchev–Trinajstić information content (AvgIpc) is 3.18. The zero-order chi connectivity index (χ0) is 34.2. The summed E-state index contributed by atoms with van der Waals surface area (Å²) in [6.45, 7) is 1.77. The van der Waals surface area contributed by atoms with Crippen LogP contribution >= 0.6 is 0 Å². The van der Waals surface area contributed by atoms with E-state index >= 15 is 0 Å². The van der Waals surface area contributed by atoms with Gasteiger partial charge in [-0.1, -0.05) is 152 Å². The molecule has 0 aromatic heterocycles. The van der Waals surface area contributed by atoms with Gasteiger partial charge in [-0.15, -0.1) is 0 Å². The van der Waals surface area contributed by atoms with E-state index in [0.717, 1.165) is 22.3 Å². The first-order valence-electron chi connectivity index (χ1n) is 17.3. The van der Waals surface area contributed by atoms with Crippen LogP contribution in [0.4, 0.5) is 0 Å². The van der Waals surface area contributed by atoms with Gasteiger partial charge in [0.25, 0.3) is 0 Å². The highest BCUT2D eigenvalue weighted by atomic mass is 16.6. The van der Waals surface area contributed by atoms with Crippen molar-refractivity contribution in [1.82, 2.24) is 0 Å². The summed E-state index contributed by atoms with van der Waals surface area (Å²) < 4.78 is 33.3. The first kappa shape index (κ1) is 35.0. The van der Waals surface area contributed by atoms with Gasteiger partial charge in [-0.05, 0) is 34.8 Å². The van der Waals surface area contributed by atoms with Crippen LogP contribution in [0.3, 0.4) is 0 Å². The van der Waals surface area contributed by atoms with Gasteiger partial charge in [0.05, 0.1) is 33.0 Å². The standard InChI is InChI=1S/C44H44O6/c45-39(38-25-14-5-15-26-38)27-16-28-40-42(47-30-35-19-8-2-9-20-35)44(49-32-37-23-12-4-13-24-37)43(48-31-36-21-10-3-11-22-36)41(50-40)33-46-29-34-17-6-1-7-18-34/h1-15,17-26,28,41-44H,16,27,29-33H2/b40-28-/t41-,42+,43-,44-/m1/s1. The Morgan fingerprint density at radius 3 is 1.50 bits per heavy atom. The van der Waals surface area contributed by atoms with E-state index in [4.69, 9.17) is 23.7 Å². The van der Waals surface area contributed by atoms with E-state index in [9.17, 15) is 4.79 Å². The van der Waals surface area contributed by atoms with Gasteiger partial charge in [-0.25, -0.2) is 0 Å². The topological polar surface area (TPSA) is 63.2 Å². The second-order valence-corrected chi connectivity index (χ2v) is 12.3. The molecule has 0 spiro atoms. The molecule has 4 atom stereocenters. The van der Waals surface area contributed by atoms with Gasteiger partial charge >= 0.3 is 0 Å². The molecule has 1 heterocycles. The number of hydrogen-bond donors (Lipinski definition) is 0. The first-order valence-corrected chi connectivity index (χ1v) is 17.3. The normalized spacial score (nSPS) is 19.6. The minimum Gasteiger partial charge on any atom is -0.487 e. The number of carbonyl (C=O) groups is 1. The number of ether oxygens (including phenoxy) is 5. The Labute approximate surface area is 295 Å². The summed E-state index contributed by atoms with van der Waals surface area (Å²) in [4.78, 5) is 13.0. The maximum absolute atomic E-state index is 13.0. The molecule has 0 saturated carbocycles. The average molecular weight is 669 g/mol. The monoisotopic (exact) mass is 668 g/mol. The van der Waals surface area contributed by atoms with Crippen molar-refractivity contribution in [1.29, 1.82) is 0 Å². The predicted molar refractivity (Wildman–Crippen MR) is 194 cm³/mol. The smallest absolute Gasteiger partial charge is 0.163 e. The SMILES string of the molecule is O=C(CC/C=C1\O[C@H](COCc2ccccc2)[C@@H](OCc2ccccc2)[C@H](OCc2ccccc2)[C@H]1OCc1ccccc1)c1ccccc1. The second-order valence-electron chi connectivity index (χ2n) is 12.3. The van der Waals surface area contributed by atoms with Crippen LogP contribution in [-0.4, -0.2) is 36.8 Å². The van der Waals surface area contributed by atoms with Gasteiger partial charge in [-0.2, -0.15) is 0 Å². The maximum Gasteiger partial charge on any atom is 0.163 e. The fraction of sp³-hybridized carbons (Fsp3) is 0.250. The number of carbonyl (C=O) groups excluding carboxylic acids is 1. The van der Waals surface area contributed by atoms with Crippen LogP contribution in [0.5, 0.6) is 0 Å². The summed E-state index contributed by atoms with van der Waals surface area (Å²) in [5.74, 6) is 0.691. The Balaban J connectivity index is 1.30. The molecule has 0 bridgehead atoms. The molecule has 256 valence electrons. The molecule has 1 saturated heterocycles. The lowest BCUT2D eigenvalue weighted by atomic mass is 9.95. The van der Waals surface area contributed by atoms with E-state index in [0.29, 0.717) is 50.6 Å². The number of benzene rings is 5. The van der Waals surface area contributed by atoms with Crippen molar-refractivity contribution in [3.63, 3.8) is 0 Å². The number of rotatable bonds is 17. The summed E-state index contributed by atoms with van der Waals surface area (Å²) >= 11 is 0. The fourth-order valence-electron chi connectivity index (χ4n) is 5.98. The minimum atomic E-state index is -0.600. The van der Waals surface area contributed by atoms with Crippen molar-refractivity contribution in [3.05, 3.63) is 191 Å². The molecule has 0 amide bonds. The lowest BCUT2D eigenvalue weighted by Crippen LogP contribution is -2.56. The van der Waals surface area contributed by atoms with Crippen LogP contribution in [0.2, 0.25) is 0 Å². The third kappa shape index (κ3) is 10.3. The second kappa shape index (κ2) is 18.8. The molecule has 6 heteroatoms. The maximum atomic E-state index is 13.0. The highest BCUT2D eigenvalue weighted by Crippen LogP contribution is 2.33. The van der Waals surface area contributed by atoms with Gasteiger partial charge < -0.3 is 23.7 Å². The molecule has 1 aliphatic rings. The first-order chi connectivity index (χ1) is 24.7. The fourth-order valence-corrected chi connectivity index (χ4v) is 5.98. The Morgan fingerprint density at radius 1 is 0.540 bits per heavy atom. The lowest BCUT2D eigenvalue weighted by Gasteiger charge is -2.43. The van der Waals surface area contributed by atoms with Gasteiger partial charge in [0.15, 0.2) is 11.9 Å². The van der Waals surface area contributed by atoms with Crippen LogP contribution in [0.1, 0.15) is 45.5 Å². The van der Waals surface area contributed by atoms with Gasteiger partial charge in [-0.3, -0.25) is 4.79 Å². The Bertz CT molecular complexity index is 1730. The third-order valence-corrected chi connectivity index (χ3v) is 8.61. The molecule has 5 aromatic rings. The molecule has 5 aromatic carbocycles. The molecule has 6 nitrogen and oxygen atoms in total. The van der Waals surface area contributed by atoms with Crippen molar-refractivity contribution in [2.75, 3.05) is 6.61 Å². The van der Waals surface area contributed by atoms with Crippen LogP contribution in [0.15, 0.2) is 163 Å². The Morgan fingerprint density at radius 2 is 0.980 bits per heavy atom. The largest absolute Gasteiger partial charge is 0.487 e. The number of allylic oxidation sites excluding steroid dienone is 1. The van der Waals surface area contributed by atoms with E-state index < -0.39 is 24.4 Å². The molecule has 0 radical (unpaired) electrons. The lowest BCUT2D eigenvalue weighted by molar-refractivity contribution is -0.223. The number of hydrogen-bond acceptors (Lipinski definition) is 6. The highest BCUT2D eigenvalue weighted by molar-refractivity contribution is 5.96. The minimum absolute atomic E-state index is 0.0729. The molecule has 0 aliphatic carbocycles. The van der Waals surface area contributed by atoms with Crippen molar-refractivity contribution in [3.8, 4) is 0 Å². The van der Waals surface area contributed by atoms with E-state index in [2.05, 4.69) is 0 Å². The van der Waals surface area contributed by atoms with Crippen molar-refractivity contribution < 1.29 is 28.5 Å². The molecule has 0 unspecified atom stereocenters.